The summed E-state index contributed by atoms with van der Waals surface area (Å²) in [4.78, 5) is 16.0. The molecule has 1 N–H and O–H groups in total. The first-order chi connectivity index (χ1) is 8.10. The van der Waals surface area contributed by atoms with E-state index in [1.807, 2.05) is 18.5 Å². The van der Waals surface area contributed by atoms with Crippen molar-refractivity contribution in [2.24, 2.45) is 7.05 Å². The van der Waals surface area contributed by atoms with Gasteiger partial charge in [0.25, 0.3) is 0 Å². The summed E-state index contributed by atoms with van der Waals surface area (Å²) in [7, 11) is 1.87. The number of nitrogens with one attached hydrogen (secondary N) is 1. The molecule has 0 saturated heterocycles. The quantitative estimate of drug-likeness (QED) is 0.763. The van der Waals surface area contributed by atoms with Crippen LogP contribution in [-0.2, 0) is 16.6 Å². The lowest BCUT2D eigenvalue weighted by molar-refractivity contribution is -0.146. The van der Waals surface area contributed by atoms with Gasteiger partial charge in [-0.3, -0.25) is 5.32 Å². The van der Waals surface area contributed by atoms with Crippen molar-refractivity contribution in [2.75, 3.05) is 6.61 Å². The zero-order chi connectivity index (χ0) is 12.8. The Kier molecular flexibility index (Phi) is 5.15. The molecule has 1 rings (SSSR count). The van der Waals surface area contributed by atoms with Crippen LogP contribution in [0, 0.1) is 0 Å². The molecular formula is C12H21N3O2. The molecule has 17 heavy (non-hydrogen) atoms. The van der Waals surface area contributed by atoms with Crippen molar-refractivity contribution < 1.29 is 9.53 Å². The fraction of sp³-hybridized carbons (Fsp3) is 0.667. The first-order valence-electron chi connectivity index (χ1n) is 5.99. The Morgan fingerprint density at radius 3 is 2.76 bits per heavy atom. The molecule has 0 bridgehead atoms. The van der Waals surface area contributed by atoms with Crippen LogP contribution in [0.4, 0.5) is 0 Å². The van der Waals surface area contributed by atoms with Crippen LogP contribution in [-0.4, -0.2) is 28.2 Å². The van der Waals surface area contributed by atoms with Gasteiger partial charge in [-0.05, 0) is 20.3 Å². The maximum absolute atomic E-state index is 11.9. The van der Waals surface area contributed by atoms with Gasteiger partial charge >= 0.3 is 5.97 Å². The zero-order valence-corrected chi connectivity index (χ0v) is 10.9. The van der Waals surface area contributed by atoms with E-state index in [2.05, 4.69) is 17.2 Å². The van der Waals surface area contributed by atoms with Crippen molar-refractivity contribution in [3.05, 3.63) is 18.2 Å². The maximum atomic E-state index is 11.9. The fourth-order valence-corrected chi connectivity index (χ4v) is 1.55. The molecule has 0 aromatic carbocycles. The molecule has 5 nitrogen and oxygen atoms in total. The molecule has 0 radical (unpaired) electrons. The molecule has 1 aromatic rings. The lowest BCUT2D eigenvalue weighted by Crippen LogP contribution is -2.37. The number of hydrogen-bond donors (Lipinski definition) is 1. The van der Waals surface area contributed by atoms with Crippen LogP contribution >= 0.6 is 0 Å². The van der Waals surface area contributed by atoms with Crippen LogP contribution in [0.15, 0.2) is 12.5 Å². The van der Waals surface area contributed by atoms with Crippen molar-refractivity contribution in [1.29, 1.82) is 0 Å². The number of carbonyl (C=O) groups is 1. The average Bonchev–Trinajstić information content (AvgIpc) is 2.72. The summed E-state index contributed by atoms with van der Waals surface area (Å²) in [5, 5.41) is 3.26. The van der Waals surface area contributed by atoms with Gasteiger partial charge in [0.15, 0.2) is 0 Å². The van der Waals surface area contributed by atoms with Crippen LogP contribution < -0.4 is 5.32 Å². The lowest BCUT2D eigenvalue weighted by Gasteiger charge is -2.21. The second-order valence-electron chi connectivity index (χ2n) is 4.09. The molecule has 0 fully saturated rings. The minimum atomic E-state index is -0.447. The zero-order valence-electron chi connectivity index (χ0n) is 10.9. The van der Waals surface area contributed by atoms with E-state index in [1.54, 1.807) is 19.4 Å². The Balaban J connectivity index is 2.86. The number of nitrogens with zero attached hydrogens (tertiary/aromatic N) is 2. The first-order valence-corrected chi connectivity index (χ1v) is 5.99. The molecular weight excluding hydrogens is 218 g/mol. The van der Waals surface area contributed by atoms with Crippen molar-refractivity contribution in [1.82, 2.24) is 14.9 Å². The summed E-state index contributed by atoms with van der Waals surface area (Å²) in [5.41, 5.74) is 0.823. The molecule has 1 aromatic heterocycles. The molecule has 2 unspecified atom stereocenters. The first kappa shape index (κ1) is 13.7. The van der Waals surface area contributed by atoms with Crippen LogP contribution in [0.5, 0.6) is 0 Å². The van der Waals surface area contributed by atoms with Gasteiger partial charge in [0, 0.05) is 13.1 Å². The highest BCUT2D eigenvalue weighted by atomic mass is 16.5. The van der Waals surface area contributed by atoms with Crippen molar-refractivity contribution >= 4 is 5.97 Å². The number of carbonyl (C=O) groups excluding carboxylic acids is 1. The number of esters is 1. The summed E-state index contributed by atoms with van der Waals surface area (Å²) >= 11 is 0. The summed E-state index contributed by atoms with van der Waals surface area (Å²) < 4.78 is 6.92. The van der Waals surface area contributed by atoms with E-state index in [0.29, 0.717) is 6.61 Å². The Morgan fingerprint density at radius 2 is 2.29 bits per heavy atom. The molecule has 2 atom stereocenters. The molecule has 0 spiro atoms. The van der Waals surface area contributed by atoms with E-state index in [4.69, 9.17) is 4.74 Å². The average molecular weight is 239 g/mol. The van der Waals surface area contributed by atoms with Gasteiger partial charge in [0.05, 0.1) is 24.8 Å². The predicted molar refractivity (Wildman–Crippen MR) is 65.5 cm³/mol. The van der Waals surface area contributed by atoms with Gasteiger partial charge in [-0.15, -0.1) is 0 Å². The highest BCUT2D eigenvalue weighted by Crippen LogP contribution is 2.15. The van der Waals surface area contributed by atoms with Crippen LogP contribution in [0.25, 0.3) is 0 Å². The fourth-order valence-electron chi connectivity index (χ4n) is 1.55. The predicted octanol–water partition coefficient (Wildman–Crippen LogP) is 1.41. The highest BCUT2D eigenvalue weighted by molar-refractivity contribution is 5.77. The van der Waals surface area contributed by atoms with Crippen LogP contribution in [0.1, 0.15) is 38.9 Å². The third-order valence-corrected chi connectivity index (χ3v) is 2.74. The van der Waals surface area contributed by atoms with Gasteiger partial charge in [-0.25, -0.2) is 9.78 Å². The minimum absolute atomic E-state index is 0.249. The third-order valence-electron chi connectivity index (χ3n) is 2.74. The number of hydrogen-bond acceptors (Lipinski definition) is 4. The Labute approximate surface area is 102 Å². The summed E-state index contributed by atoms with van der Waals surface area (Å²) in [5.74, 6) is -0.253. The lowest BCUT2D eigenvalue weighted by atomic mass is 10.1. The molecule has 0 aliphatic rings. The second kappa shape index (κ2) is 6.39. The van der Waals surface area contributed by atoms with Crippen molar-refractivity contribution in [2.45, 2.75) is 39.3 Å². The molecule has 0 amide bonds. The van der Waals surface area contributed by atoms with E-state index < -0.39 is 6.04 Å². The smallest absolute Gasteiger partial charge is 0.329 e. The van der Waals surface area contributed by atoms with Gasteiger partial charge in [0.2, 0.25) is 0 Å². The Morgan fingerprint density at radius 1 is 1.59 bits per heavy atom. The SMILES string of the molecule is CCOC(=O)C(NC(C)CC)c1cncn1C. The van der Waals surface area contributed by atoms with Crippen molar-refractivity contribution in [3.8, 4) is 0 Å². The van der Waals surface area contributed by atoms with Gasteiger partial charge in [-0.2, -0.15) is 0 Å². The third kappa shape index (κ3) is 3.56. The summed E-state index contributed by atoms with van der Waals surface area (Å²) in [6.45, 7) is 6.31. The molecule has 96 valence electrons. The number of imidazole rings is 1. The topological polar surface area (TPSA) is 56.1 Å². The van der Waals surface area contributed by atoms with Gasteiger partial charge < -0.3 is 9.30 Å². The standard InChI is InChI=1S/C12H21N3O2/c1-5-9(3)14-11(12(16)17-6-2)10-7-13-8-15(10)4/h7-9,11,14H,5-6H2,1-4H3. The van der Waals surface area contributed by atoms with E-state index in [1.165, 1.54) is 0 Å². The van der Waals surface area contributed by atoms with Gasteiger partial charge in [-0.1, -0.05) is 6.92 Å². The number of aromatic nitrogens is 2. The Hall–Kier alpha value is -1.36. The van der Waals surface area contributed by atoms with E-state index in [0.717, 1.165) is 12.1 Å². The monoisotopic (exact) mass is 239 g/mol. The molecule has 5 heteroatoms. The number of rotatable bonds is 6. The number of ether oxygens (including phenoxy) is 1. The molecule has 0 aliphatic carbocycles. The van der Waals surface area contributed by atoms with Gasteiger partial charge in [0.1, 0.15) is 6.04 Å². The van der Waals surface area contributed by atoms with Crippen molar-refractivity contribution in [3.63, 3.8) is 0 Å². The van der Waals surface area contributed by atoms with Crippen LogP contribution in [0.2, 0.25) is 0 Å². The highest BCUT2D eigenvalue weighted by Gasteiger charge is 2.25. The second-order valence-corrected chi connectivity index (χ2v) is 4.09. The van der Waals surface area contributed by atoms with Crippen LogP contribution in [0.3, 0.4) is 0 Å². The maximum Gasteiger partial charge on any atom is 0.329 e. The van der Waals surface area contributed by atoms with E-state index in [-0.39, 0.29) is 12.0 Å². The summed E-state index contributed by atoms with van der Waals surface area (Å²) in [6.07, 6.45) is 4.32. The summed E-state index contributed by atoms with van der Waals surface area (Å²) in [6, 6.07) is -0.197. The molecule has 1 heterocycles. The van der Waals surface area contributed by atoms with E-state index in [9.17, 15) is 4.79 Å². The number of aryl methyl sites for hydroxylation is 1. The normalized spacial score (nSPS) is 14.4. The Bertz CT molecular complexity index is 362. The molecule has 0 saturated carbocycles. The van der Waals surface area contributed by atoms with E-state index >= 15 is 0 Å². The minimum Gasteiger partial charge on any atom is -0.465 e. The largest absolute Gasteiger partial charge is 0.465 e. The molecule has 0 aliphatic heterocycles.